The molecular weight excluding hydrogens is 364 g/mol. The molecule has 0 heterocycles. The van der Waals surface area contributed by atoms with Crippen LogP contribution in [-0.2, 0) is 9.59 Å². The van der Waals surface area contributed by atoms with E-state index in [4.69, 9.17) is 15.2 Å². The minimum absolute atomic E-state index is 0.179. The molecule has 1 unspecified atom stereocenters. The Morgan fingerprint density at radius 2 is 1.79 bits per heavy atom. The zero-order valence-corrected chi connectivity index (χ0v) is 15.8. The number of aliphatic carboxylic acids is 1. The summed E-state index contributed by atoms with van der Waals surface area (Å²) in [5.41, 5.74) is 7.64. The minimum atomic E-state index is -1.21. The third kappa shape index (κ3) is 5.00. The van der Waals surface area contributed by atoms with E-state index in [-0.39, 0.29) is 23.7 Å². The number of primary amides is 1. The predicted octanol–water partition coefficient (Wildman–Crippen LogP) is 1.73. The number of carboxylic acid groups (broad SMARTS) is 1. The number of amides is 2. The number of hydrogen-bond acceptors (Lipinski definition) is 5. The molecular formula is C20H22N2O6. The fourth-order valence-electron chi connectivity index (χ4n) is 2.52. The van der Waals surface area contributed by atoms with Crippen LogP contribution in [0.1, 0.15) is 33.1 Å². The highest BCUT2D eigenvalue weighted by atomic mass is 16.5. The third-order valence-electron chi connectivity index (χ3n) is 4.18. The average molecular weight is 386 g/mol. The van der Waals surface area contributed by atoms with E-state index in [0.717, 1.165) is 11.1 Å². The fourth-order valence-corrected chi connectivity index (χ4v) is 2.52. The van der Waals surface area contributed by atoms with Crippen LogP contribution in [0.5, 0.6) is 11.5 Å². The molecule has 1 atom stereocenters. The number of nitrogens with two attached hydrogens (primary N) is 1. The molecule has 148 valence electrons. The van der Waals surface area contributed by atoms with Crippen LogP contribution in [0.4, 0.5) is 0 Å². The predicted molar refractivity (Wildman–Crippen MR) is 101 cm³/mol. The molecule has 2 rings (SSSR count). The van der Waals surface area contributed by atoms with E-state index in [1.807, 2.05) is 13.8 Å². The summed E-state index contributed by atoms with van der Waals surface area (Å²) in [5, 5.41) is 12.1. The second kappa shape index (κ2) is 8.90. The second-order valence-corrected chi connectivity index (χ2v) is 6.21. The number of ether oxygens (including phenoxy) is 2. The number of carbonyl (C=O) groups is 3. The first-order valence-corrected chi connectivity index (χ1v) is 8.43. The average Bonchev–Trinajstić information content (AvgIpc) is 2.66. The van der Waals surface area contributed by atoms with Gasteiger partial charge in [-0.1, -0.05) is 18.2 Å². The first-order chi connectivity index (χ1) is 13.2. The van der Waals surface area contributed by atoms with Crippen molar-refractivity contribution >= 4 is 17.8 Å². The van der Waals surface area contributed by atoms with Crippen molar-refractivity contribution in [2.45, 2.75) is 19.9 Å². The molecule has 0 aromatic heterocycles. The lowest BCUT2D eigenvalue weighted by Gasteiger charge is -2.17. The Morgan fingerprint density at radius 1 is 1.07 bits per heavy atom. The normalized spacial score (nSPS) is 11.4. The maximum Gasteiger partial charge on any atom is 0.330 e. The van der Waals surface area contributed by atoms with Gasteiger partial charge in [0.25, 0.3) is 11.8 Å². The van der Waals surface area contributed by atoms with Gasteiger partial charge in [0.2, 0.25) is 0 Å². The summed E-state index contributed by atoms with van der Waals surface area (Å²) in [5.74, 6) is -1.97. The Labute approximate surface area is 162 Å². The summed E-state index contributed by atoms with van der Waals surface area (Å²) < 4.78 is 10.4. The van der Waals surface area contributed by atoms with Crippen LogP contribution in [0.3, 0.4) is 0 Å². The topological polar surface area (TPSA) is 128 Å². The zero-order valence-electron chi connectivity index (χ0n) is 15.8. The van der Waals surface area contributed by atoms with E-state index in [0.29, 0.717) is 5.56 Å². The van der Waals surface area contributed by atoms with Gasteiger partial charge in [-0.25, -0.2) is 4.79 Å². The largest absolute Gasteiger partial charge is 0.493 e. The van der Waals surface area contributed by atoms with Crippen LogP contribution >= 0.6 is 0 Å². The summed E-state index contributed by atoms with van der Waals surface area (Å²) in [6.45, 7) is 3.45. The molecule has 0 saturated heterocycles. The van der Waals surface area contributed by atoms with Crippen molar-refractivity contribution in [3.63, 3.8) is 0 Å². The molecule has 4 N–H and O–H groups in total. The lowest BCUT2D eigenvalue weighted by Crippen LogP contribution is -2.33. The SMILES string of the molecule is COc1cc(C(=O)NC(C(=O)O)c2ccc(C)c(C)c2)ccc1OCC(N)=O. The van der Waals surface area contributed by atoms with Crippen molar-refractivity contribution in [2.24, 2.45) is 5.73 Å². The highest BCUT2D eigenvalue weighted by molar-refractivity contribution is 5.97. The van der Waals surface area contributed by atoms with Gasteiger partial charge in [0.15, 0.2) is 24.1 Å². The van der Waals surface area contributed by atoms with Gasteiger partial charge in [-0.3, -0.25) is 9.59 Å². The molecule has 0 bridgehead atoms. The van der Waals surface area contributed by atoms with Gasteiger partial charge >= 0.3 is 5.97 Å². The Bertz CT molecular complexity index is 910. The van der Waals surface area contributed by atoms with Crippen LogP contribution in [0, 0.1) is 13.8 Å². The van der Waals surface area contributed by atoms with Crippen molar-refractivity contribution in [2.75, 3.05) is 13.7 Å². The van der Waals surface area contributed by atoms with E-state index in [9.17, 15) is 19.5 Å². The molecule has 2 amide bonds. The molecule has 0 aliphatic heterocycles. The number of methoxy groups -OCH3 is 1. The summed E-state index contributed by atoms with van der Waals surface area (Å²) >= 11 is 0. The van der Waals surface area contributed by atoms with Crippen molar-refractivity contribution in [1.82, 2.24) is 5.32 Å². The Kier molecular flexibility index (Phi) is 6.59. The molecule has 0 aliphatic carbocycles. The van der Waals surface area contributed by atoms with E-state index >= 15 is 0 Å². The van der Waals surface area contributed by atoms with Gasteiger partial charge in [-0.2, -0.15) is 0 Å². The van der Waals surface area contributed by atoms with Crippen molar-refractivity contribution in [1.29, 1.82) is 0 Å². The molecule has 0 spiro atoms. The number of hydrogen-bond donors (Lipinski definition) is 3. The van der Waals surface area contributed by atoms with Crippen LogP contribution in [0.15, 0.2) is 36.4 Å². The Morgan fingerprint density at radius 3 is 2.36 bits per heavy atom. The standard InChI is InChI=1S/C20H22N2O6/c1-11-4-5-13(8-12(11)2)18(20(25)26)22-19(24)14-6-7-15(16(9-14)27-3)28-10-17(21)23/h4-9,18H,10H2,1-3H3,(H2,21,23)(H,22,24)(H,25,26). The third-order valence-corrected chi connectivity index (χ3v) is 4.18. The first-order valence-electron chi connectivity index (χ1n) is 8.43. The number of carbonyl (C=O) groups excluding carboxylic acids is 2. The number of aryl methyl sites for hydroxylation is 2. The molecule has 0 fully saturated rings. The van der Waals surface area contributed by atoms with E-state index in [1.54, 1.807) is 18.2 Å². The summed E-state index contributed by atoms with van der Waals surface area (Å²) in [7, 11) is 1.38. The van der Waals surface area contributed by atoms with Gasteiger partial charge in [-0.15, -0.1) is 0 Å². The van der Waals surface area contributed by atoms with Crippen LogP contribution < -0.4 is 20.5 Å². The Balaban J connectivity index is 2.24. The lowest BCUT2D eigenvalue weighted by atomic mass is 10.0. The van der Waals surface area contributed by atoms with Gasteiger partial charge < -0.3 is 25.6 Å². The fraction of sp³-hybridized carbons (Fsp3) is 0.250. The molecule has 0 radical (unpaired) electrons. The monoisotopic (exact) mass is 386 g/mol. The molecule has 0 aliphatic rings. The van der Waals surface area contributed by atoms with E-state index < -0.39 is 23.8 Å². The molecule has 2 aromatic rings. The lowest BCUT2D eigenvalue weighted by molar-refractivity contribution is -0.139. The van der Waals surface area contributed by atoms with Crippen molar-refractivity contribution in [3.05, 3.63) is 58.7 Å². The van der Waals surface area contributed by atoms with Crippen LogP contribution in [0.25, 0.3) is 0 Å². The second-order valence-electron chi connectivity index (χ2n) is 6.21. The van der Waals surface area contributed by atoms with Gasteiger partial charge in [0.05, 0.1) is 7.11 Å². The van der Waals surface area contributed by atoms with Crippen LogP contribution in [-0.4, -0.2) is 36.6 Å². The number of rotatable bonds is 8. The van der Waals surface area contributed by atoms with Gasteiger partial charge in [0, 0.05) is 5.56 Å². The number of carboxylic acids is 1. The highest BCUT2D eigenvalue weighted by Gasteiger charge is 2.23. The first kappa shape index (κ1) is 20.8. The summed E-state index contributed by atoms with van der Waals surface area (Å²) in [4.78, 5) is 35.1. The summed E-state index contributed by atoms with van der Waals surface area (Å²) in [6.07, 6.45) is 0. The van der Waals surface area contributed by atoms with Crippen LogP contribution in [0.2, 0.25) is 0 Å². The maximum absolute atomic E-state index is 12.6. The molecule has 2 aromatic carbocycles. The quantitative estimate of drug-likeness (QED) is 0.634. The van der Waals surface area contributed by atoms with Gasteiger partial charge in [0.1, 0.15) is 0 Å². The molecule has 8 heteroatoms. The van der Waals surface area contributed by atoms with E-state index in [2.05, 4.69) is 5.32 Å². The van der Waals surface area contributed by atoms with Crippen molar-refractivity contribution in [3.8, 4) is 11.5 Å². The Hall–Kier alpha value is -3.55. The summed E-state index contributed by atoms with van der Waals surface area (Å²) in [6, 6.07) is 8.28. The van der Waals surface area contributed by atoms with Gasteiger partial charge in [-0.05, 0) is 48.7 Å². The molecule has 8 nitrogen and oxygen atoms in total. The number of nitrogens with one attached hydrogen (secondary N) is 1. The molecule has 28 heavy (non-hydrogen) atoms. The number of benzene rings is 2. The van der Waals surface area contributed by atoms with E-state index in [1.165, 1.54) is 25.3 Å². The zero-order chi connectivity index (χ0) is 20.8. The minimum Gasteiger partial charge on any atom is -0.493 e. The maximum atomic E-state index is 12.6. The van der Waals surface area contributed by atoms with Crippen molar-refractivity contribution < 1.29 is 29.0 Å². The molecule has 0 saturated carbocycles. The highest BCUT2D eigenvalue weighted by Crippen LogP contribution is 2.28. The smallest absolute Gasteiger partial charge is 0.330 e.